The fourth-order valence-corrected chi connectivity index (χ4v) is 1.96. The highest BCUT2D eigenvalue weighted by Crippen LogP contribution is 2.11. The van der Waals surface area contributed by atoms with Crippen LogP contribution in [0.3, 0.4) is 0 Å². The predicted molar refractivity (Wildman–Crippen MR) is 69.3 cm³/mol. The number of rotatable bonds is 4. The third-order valence-corrected chi connectivity index (χ3v) is 2.83. The molecule has 0 saturated heterocycles. The van der Waals surface area contributed by atoms with Crippen molar-refractivity contribution in [1.82, 2.24) is 0 Å². The lowest BCUT2D eigenvalue weighted by atomic mass is 10.0. The Labute approximate surface area is 103 Å². The zero-order valence-corrected chi connectivity index (χ0v) is 9.79. The van der Waals surface area contributed by atoms with Crippen LogP contribution in [0.2, 0.25) is 0 Å². The van der Waals surface area contributed by atoms with Gasteiger partial charge >= 0.3 is 0 Å². The number of terminal acetylenes is 1. The molecule has 1 aromatic heterocycles. The third kappa shape index (κ3) is 3.19. The lowest BCUT2D eigenvalue weighted by Gasteiger charge is -2.09. The van der Waals surface area contributed by atoms with Gasteiger partial charge in [-0.3, -0.25) is 0 Å². The Kier molecular flexibility index (Phi) is 3.94. The number of hydrogen-bond donors (Lipinski definition) is 0. The minimum absolute atomic E-state index is 0.337. The first-order chi connectivity index (χ1) is 8.40. The summed E-state index contributed by atoms with van der Waals surface area (Å²) < 4.78 is 2.19. The highest BCUT2D eigenvalue weighted by molar-refractivity contribution is 5.15. The van der Waals surface area contributed by atoms with E-state index < -0.39 is 0 Å². The van der Waals surface area contributed by atoms with E-state index in [1.54, 1.807) is 0 Å². The van der Waals surface area contributed by atoms with E-state index in [2.05, 4.69) is 47.1 Å². The molecule has 0 N–H and O–H groups in total. The molecule has 2 aromatic rings. The van der Waals surface area contributed by atoms with Crippen LogP contribution in [0, 0.1) is 12.3 Å². The van der Waals surface area contributed by atoms with Crippen LogP contribution < -0.4 is 4.57 Å². The Morgan fingerprint density at radius 3 is 2.29 bits per heavy atom. The van der Waals surface area contributed by atoms with E-state index in [0.29, 0.717) is 6.04 Å². The van der Waals surface area contributed by atoms with Gasteiger partial charge in [0.2, 0.25) is 0 Å². The monoisotopic (exact) mass is 222 g/mol. The van der Waals surface area contributed by atoms with Crippen molar-refractivity contribution in [3.63, 3.8) is 0 Å². The molecule has 1 heterocycles. The van der Waals surface area contributed by atoms with Crippen molar-refractivity contribution in [2.24, 2.45) is 0 Å². The van der Waals surface area contributed by atoms with Crippen LogP contribution >= 0.6 is 0 Å². The van der Waals surface area contributed by atoms with E-state index in [4.69, 9.17) is 6.42 Å². The highest BCUT2D eigenvalue weighted by Gasteiger charge is 2.16. The molecule has 1 atom stereocenters. The van der Waals surface area contributed by atoms with Gasteiger partial charge in [0.25, 0.3) is 0 Å². The van der Waals surface area contributed by atoms with Gasteiger partial charge in [0.15, 0.2) is 18.4 Å². The summed E-state index contributed by atoms with van der Waals surface area (Å²) in [6, 6.07) is 16.9. The lowest BCUT2D eigenvalue weighted by molar-refractivity contribution is -0.722. The number of benzene rings is 1. The van der Waals surface area contributed by atoms with E-state index >= 15 is 0 Å². The fraction of sp³-hybridized carbons (Fsp3) is 0.188. The van der Waals surface area contributed by atoms with Crippen LogP contribution in [0.15, 0.2) is 60.9 Å². The standard InChI is InChI=1S/C16H16N/c1-2-9-16(17-12-7-4-8-13-17)14-15-10-5-3-6-11-15/h1,3-8,10-13,16H,9,14H2/q+1. The summed E-state index contributed by atoms with van der Waals surface area (Å²) in [4.78, 5) is 0. The number of hydrogen-bond acceptors (Lipinski definition) is 0. The normalized spacial score (nSPS) is 11.7. The lowest BCUT2D eigenvalue weighted by Crippen LogP contribution is -2.39. The zero-order chi connectivity index (χ0) is 11.9. The zero-order valence-electron chi connectivity index (χ0n) is 9.79. The first-order valence-corrected chi connectivity index (χ1v) is 5.83. The topological polar surface area (TPSA) is 3.88 Å². The summed E-state index contributed by atoms with van der Waals surface area (Å²) >= 11 is 0. The molecule has 1 unspecified atom stereocenters. The Hall–Kier alpha value is -2.07. The Bertz CT molecular complexity index is 482. The molecular formula is C16H16N+. The molecule has 0 aliphatic heterocycles. The molecule has 0 radical (unpaired) electrons. The van der Waals surface area contributed by atoms with Gasteiger partial charge in [-0.1, -0.05) is 42.3 Å². The Balaban J connectivity index is 2.17. The van der Waals surface area contributed by atoms with E-state index in [1.165, 1.54) is 5.56 Å². The summed E-state index contributed by atoms with van der Waals surface area (Å²) in [6.45, 7) is 0. The van der Waals surface area contributed by atoms with E-state index in [9.17, 15) is 0 Å². The molecule has 1 aromatic carbocycles. The summed E-state index contributed by atoms with van der Waals surface area (Å²) in [6.07, 6.45) is 11.3. The van der Waals surface area contributed by atoms with Crippen LogP contribution in [0.4, 0.5) is 0 Å². The molecule has 0 amide bonds. The second-order valence-corrected chi connectivity index (χ2v) is 4.07. The van der Waals surface area contributed by atoms with E-state index in [-0.39, 0.29) is 0 Å². The molecule has 0 aliphatic carbocycles. The average molecular weight is 222 g/mol. The molecule has 0 aliphatic rings. The van der Waals surface area contributed by atoms with Crippen LogP contribution in [-0.4, -0.2) is 0 Å². The van der Waals surface area contributed by atoms with E-state index in [0.717, 1.165) is 12.8 Å². The van der Waals surface area contributed by atoms with Crippen molar-refractivity contribution in [3.8, 4) is 12.3 Å². The molecule has 1 heteroatoms. The summed E-state index contributed by atoms with van der Waals surface area (Å²) in [5, 5.41) is 0. The molecule has 0 spiro atoms. The average Bonchev–Trinajstić information content (AvgIpc) is 2.40. The molecule has 0 saturated carbocycles. The third-order valence-electron chi connectivity index (χ3n) is 2.83. The van der Waals surface area contributed by atoms with E-state index in [1.807, 2.05) is 24.3 Å². The Morgan fingerprint density at radius 2 is 1.65 bits per heavy atom. The summed E-state index contributed by atoms with van der Waals surface area (Å²) in [5.41, 5.74) is 1.32. The second-order valence-electron chi connectivity index (χ2n) is 4.07. The van der Waals surface area contributed by atoms with Crippen LogP contribution in [-0.2, 0) is 6.42 Å². The molecule has 1 nitrogen and oxygen atoms in total. The highest BCUT2D eigenvalue weighted by atomic mass is 15.0. The second kappa shape index (κ2) is 5.86. The van der Waals surface area contributed by atoms with Crippen LogP contribution in [0.5, 0.6) is 0 Å². The van der Waals surface area contributed by atoms with Crippen LogP contribution in [0.25, 0.3) is 0 Å². The number of nitrogens with zero attached hydrogens (tertiary/aromatic N) is 1. The van der Waals surface area contributed by atoms with Crippen molar-refractivity contribution in [3.05, 3.63) is 66.5 Å². The van der Waals surface area contributed by atoms with Gasteiger partial charge in [-0.2, -0.15) is 0 Å². The quantitative estimate of drug-likeness (QED) is 0.553. The van der Waals surface area contributed by atoms with Crippen molar-refractivity contribution in [1.29, 1.82) is 0 Å². The molecule has 17 heavy (non-hydrogen) atoms. The van der Waals surface area contributed by atoms with Gasteiger partial charge in [-0.15, -0.1) is 6.42 Å². The first kappa shape index (κ1) is 11.4. The van der Waals surface area contributed by atoms with Gasteiger partial charge in [0.05, 0.1) is 6.42 Å². The summed E-state index contributed by atoms with van der Waals surface area (Å²) in [5.74, 6) is 2.77. The smallest absolute Gasteiger partial charge is 0.173 e. The number of aromatic nitrogens is 1. The molecular weight excluding hydrogens is 206 g/mol. The largest absolute Gasteiger partial charge is 0.201 e. The maximum absolute atomic E-state index is 5.46. The SMILES string of the molecule is C#CCC(Cc1ccccc1)[n+]1ccccc1. The van der Waals surface area contributed by atoms with Gasteiger partial charge in [-0.05, 0) is 5.56 Å². The molecule has 2 rings (SSSR count). The molecule has 84 valence electrons. The van der Waals surface area contributed by atoms with Gasteiger partial charge in [0, 0.05) is 18.6 Å². The van der Waals surface area contributed by atoms with Crippen LogP contribution in [0.1, 0.15) is 18.0 Å². The summed E-state index contributed by atoms with van der Waals surface area (Å²) in [7, 11) is 0. The maximum atomic E-state index is 5.46. The van der Waals surface area contributed by atoms with Gasteiger partial charge < -0.3 is 0 Å². The first-order valence-electron chi connectivity index (χ1n) is 5.83. The van der Waals surface area contributed by atoms with Crippen molar-refractivity contribution >= 4 is 0 Å². The van der Waals surface area contributed by atoms with Crippen molar-refractivity contribution in [2.75, 3.05) is 0 Å². The Morgan fingerprint density at radius 1 is 1.00 bits per heavy atom. The van der Waals surface area contributed by atoms with Gasteiger partial charge in [0.1, 0.15) is 0 Å². The van der Waals surface area contributed by atoms with Gasteiger partial charge in [-0.25, -0.2) is 4.57 Å². The predicted octanol–water partition coefficient (Wildman–Crippen LogP) is 2.78. The maximum Gasteiger partial charge on any atom is 0.173 e. The fourth-order valence-electron chi connectivity index (χ4n) is 1.96. The minimum atomic E-state index is 0.337. The van der Waals surface area contributed by atoms with Crippen molar-refractivity contribution < 1.29 is 4.57 Å². The number of pyridine rings is 1. The molecule has 0 bridgehead atoms. The molecule has 0 fully saturated rings. The van der Waals surface area contributed by atoms with Crippen molar-refractivity contribution in [2.45, 2.75) is 18.9 Å². The minimum Gasteiger partial charge on any atom is -0.201 e.